The first-order chi connectivity index (χ1) is 18.0. The lowest BCUT2D eigenvalue weighted by Gasteiger charge is -2.30. The zero-order valence-electron chi connectivity index (χ0n) is 20.3. The number of nitrogens with zero attached hydrogens (tertiary/aromatic N) is 4. The third kappa shape index (κ3) is 6.05. The molecule has 1 fully saturated rings. The molecule has 0 unspecified atom stereocenters. The average Bonchev–Trinajstić information content (AvgIpc) is 3.57. The lowest BCUT2D eigenvalue weighted by atomic mass is 10.1. The van der Waals surface area contributed by atoms with E-state index in [1.807, 2.05) is 47.2 Å². The Kier molecular flexibility index (Phi) is 7.90. The predicted molar refractivity (Wildman–Crippen MR) is 143 cm³/mol. The molecule has 8 nitrogen and oxygen atoms in total. The van der Waals surface area contributed by atoms with Gasteiger partial charge in [0, 0.05) is 41.3 Å². The summed E-state index contributed by atoms with van der Waals surface area (Å²) in [7, 11) is 0. The molecule has 2 aromatic heterocycles. The van der Waals surface area contributed by atoms with Gasteiger partial charge in [0.05, 0.1) is 30.2 Å². The van der Waals surface area contributed by atoms with Crippen molar-refractivity contribution in [2.45, 2.75) is 31.8 Å². The molecule has 1 aliphatic heterocycles. The molecule has 192 valence electrons. The minimum absolute atomic E-state index is 0.302. The van der Waals surface area contributed by atoms with Gasteiger partial charge in [-0.15, -0.1) is 0 Å². The van der Waals surface area contributed by atoms with E-state index in [-0.39, 0.29) is 6.10 Å². The fraction of sp³-hybridized carbons (Fsp3) is 0.296. The molecule has 0 amide bonds. The number of benzene rings is 2. The van der Waals surface area contributed by atoms with Crippen LogP contribution < -0.4 is 10.1 Å². The summed E-state index contributed by atoms with van der Waals surface area (Å²) in [6, 6.07) is 15.0. The van der Waals surface area contributed by atoms with E-state index in [9.17, 15) is 0 Å². The average molecular weight is 540 g/mol. The first-order valence-corrected chi connectivity index (χ1v) is 12.8. The minimum Gasteiger partial charge on any atom is -0.491 e. The topological polar surface area (TPSA) is 83.3 Å². The SMILES string of the molecule is CCCNc1nccc(-c2ccc(OC[C@@H]3CO[C@@](Cn4ccnc4)(c4ccc(Cl)cc4Cl)O3)cc2)n1. The fourth-order valence-corrected chi connectivity index (χ4v) is 4.68. The molecular formula is C27H27Cl2N5O3. The smallest absolute Gasteiger partial charge is 0.223 e. The van der Waals surface area contributed by atoms with E-state index >= 15 is 0 Å². The number of hydrogen-bond donors (Lipinski definition) is 1. The van der Waals surface area contributed by atoms with Gasteiger partial charge in [-0.25, -0.2) is 15.0 Å². The maximum absolute atomic E-state index is 6.55. The van der Waals surface area contributed by atoms with Crippen molar-refractivity contribution in [3.63, 3.8) is 0 Å². The third-order valence-electron chi connectivity index (χ3n) is 5.93. The number of halogens is 2. The Labute approximate surface area is 225 Å². The summed E-state index contributed by atoms with van der Waals surface area (Å²) in [6.07, 6.45) is 7.73. The van der Waals surface area contributed by atoms with Crippen molar-refractivity contribution in [2.75, 3.05) is 25.1 Å². The Morgan fingerprint density at radius 2 is 2.00 bits per heavy atom. The van der Waals surface area contributed by atoms with E-state index in [0.717, 1.165) is 30.0 Å². The van der Waals surface area contributed by atoms with Crippen LogP contribution in [0.5, 0.6) is 5.75 Å². The molecule has 1 N–H and O–H groups in total. The number of nitrogens with one attached hydrogen (secondary N) is 1. The predicted octanol–water partition coefficient (Wildman–Crippen LogP) is 5.82. The summed E-state index contributed by atoms with van der Waals surface area (Å²) in [5, 5.41) is 4.23. The Hall–Kier alpha value is -3.17. The van der Waals surface area contributed by atoms with Crippen LogP contribution in [-0.2, 0) is 21.8 Å². The fourth-order valence-electron chi connectivity index (χ4n) is 4.13. The zero-order chi connectivity index (χ0) is 25.7. The van der Waals surface area contributed by atoms with Crippen molar-refractivity contribution in [1.29, 1.82) is 0 Å². The van der Waals surface area contributed by atoms with Gasteiger partial charge >= 0.3 is 0 Å². The van der Waals surface area contributed by atoms with Crippen LogP contribution in [0.1, 0.15) is 18.9 Å². The second kappa shape index (κ2) is 11.5. The Morgan fingerprint density at radius 3 is 2.76 bits per heavy atom. The third-order valence-corrected chi connectivity index (χ3v) is 6.47. The van der Waals surface area contributed by atoms with Crippen molar-refractivity contribution in [2.24, 2.45) is 0 Å². The van der Waals surface area contributed by atoms with E-state index in [1.54, 1.807) is 30.9 Å². The molecule has 10 heteroatoms. The van der Waals surface area contributed by atoms with E-state index < -0.39 is 5.79 Å². The molecule has 1 aliphatic rings. The summed E-state index contributed by atoms with van der Waals surface area (Å²) in [5.74, 6) is 0.261. The van der Waals surface area contributed by atoms with Gasteiger partial charge in [0.1, 0.15) is 18.5 Å². The molecule has 0 bridgehead atoms. The standard InChI is InChI=1S/C27H27Cl2N5O3/c1-2-10-31-26-32-11-9-25(33-26)19-3-6-21(7-4-19)35-15-22-16-36-27(37-22,17-34-13-12-30-18-34)23-8-5-20(28)14-24(23)29/h3-9,11-14,18,22H,2,10,15-17H2,1H3,(H,31,32,33)/t22-,27-/m1/s1. The molecule has 2 atom stereocenters. The summed E-state index contributed by atoms with van der Waals surface area (Å²) in [6.45, 7) is 3.98. The maximum Gasteiger partial charge on any atom is 0.223 e. The first kappa shape index (κ1) is 25.5. The largest absolute Gasteiger partial charge is 0.491 e. The number of aromatic nitrogens is 4. The van der Waals surface area contributed by atoms with Gasteiger partial charge in [-0.05, 0) is 48.9 Å². The van der Waals surface area contributed by atoms with Gasteiger partial charge in [-0.1, -0.05) is 36.2 Å². The normalized spacial score (nSPS) is 19.2. The van der Waals surface area contributed by atoms with Gasteiger partial charge in [-0.2, -0.15) is 0 Å². The molecule has 4 aromatic rings. The molecule has 0 spiro atoms. The lowest BCUT2D eigenvalue weighted by Crippen LogP contribution is -2.34. The van der Waals surface area contributed by atoms with Crippen molar-refractivity contribution in [3.8, 4) is 17.0 Å². The van der Waals surface area contributed by atoms with Crippen molar-refractivity contribution in [1.82, 2.24) is 19.5 Å². The van der Waals surface area contributed by atoms with E-state index in [2.05, 4.69) is 27.2 Å². The highest BCUT2D eigenvalue weighted by Gasteiger charge is 2.45. The summed E-state index contributed by atoms with van der Waals surface area (Å²) in [5.41, 5.74) is 2.53. The van der Waals surface area contributed by atoms with Crippen LogP contribution in [0.4, 0.5) is 5.95 Å². The van der Waals surface area contributed by atoms with Crippen LogP contribution in [0.2, 0.25) is 10.0 Å². The number of anilines is 1. The summed E-state index contributed by atoms with van der Waals surface area (Å²) >= 11 is 12.7. The quantitative estimate of drug-likeness (QED) is 0.272. The van der Waals surface area contributed by atoms with Gasteiger partial charge in [-0.3, -0.25) is 0 Å². The zero-order valence-corrected chi connectivity index (χ0v) is 21.8. The molecular weight excluding hydrogens is 513 g/mol. The van der Waals surface area contributed by atoms with Gasteiger partial charge in [0.2, 0.25) is 11.7 Å². The second-order valence-electron chi connectivity index (χ2n) is 8.69. The van der Waals surface area contributed by atoms with E-state index in [0.29, 0.717) is 41.3 Å². The molecule has 1 saturated heterocycles. The number of ether oxygens (including phenoxy) is 3. The second-order valence-corrected chi connectivity index (χ2v) is 9.53. The highest BCUT2D eigenvalue weighted by molar-refractivity contribution is 6.35. The highest BCUT2D eigenvalue weighted by Crippen LogP contribution is 2.40. The van der Waals surface area contributed by atoms with Gasteiger partial charge in [0.15, 0.2) is 0 Å². The highest BCUT2D eigenvalue weighted by atomic mass is 35.5. The van der Waals surface area contributed by atoms with Crippen molar-refractivity contribution >= 4 is 29.2 Å². The Morgan fingerprint density at radius 1 is 1.14 bits per heavy atom. The Bertz CT molecular complexity index is 1320. The first-order valence-electron chi connectivity index (χ1n) is 12.1. The van der Waals surface area contributed by atoms with Crippen LogP contribution in [0, 0.1) is 0 Å². The summed E-state index contributed by atoms with van der Waals surface area (Å²) in [4.78, 5) is 13.0. The number of hydrogen-bond acceptors (Lipinski definition) is 7. The van der Waals surface area contributed by atoms with E-state index in [4.69, 9.17) is 37.4 Å². The van der Waals surface area contributed by atoms with Crippen LogP contribution in [-0.4, -0.2) is 45.4 Å². The van der Waals surface area contributed by atoms with Gasteiger partial charge < -0.3 is 24.1 Å². The lowest BCUT2D eigenvalue weighted by molar-refractivity contribution is -0.189. The van der Waals surface area contributed by atoms with Crippen LogP contribution in [0.3, 0.4) is 0 Å². The van der Waals surface area contributed by atoms with Crippen LogP contribution >= 0.6 is 23.2 Å². The number of imidazole rings is 1. The van der Waals surface area contributed by atoms with Crippen LogP contribution in [0.25, 0.3) is 11.3 Å². The number of rotatable bonds is 10. The molecule has 37 heavy (non-hydrogen) atoms. The van der Waals surface area contributed by atoms with Crippen molar-refractivity contribution in [3.05, 3.63) is 89.1 Å². The van der Waals surface area contributed by atoms with Gasteiger partial charge in [0.25, 0.3) is 0 Å². The molecule has 0 saturated carbocycles. The maximum atomic E-state index is 6.55. The monoisotopic (exact) mass is 539 g/mol. The molecule has 3 heterocycles. The molecule has 0 radical (unpaired) electrons. The van der Waals surface area contributed by atoms with E-state index in [1.165, 1.54) is 0 Å². The van der Waals surface area contributed by atoms with Crippen LogP contribution in [0.15, 0.2) is 73.4 Å². The summed E-state index contributed by atoms with van der Waals surface area (Å²) < 4.78 is 20.6. The minimum atomic E-state index is -1.09. The van der Waals surface area contributed by atoms with Crippen molar-refractivity contribution < 1.29 is 14.2 Å². The molecule has 5 rings (SSSR count). The molecule has 2 aromatic carbocycles. The Balaban J connectivity index is 1.25. The molecule has 0 aliphatic carbocycles.